The minimum Gasteiger partial charge on any atom is -0.317 e. The molecule has 0 saturated carbocycles. The lowest BCUT2D eigenvalue weighted by molar-refractivity contribution is 0.0533. The number of halogens is 2. The molecule has 0 unspecified atom stereocenters. The van der Waals surface area contributed by atoms with E-state index < -0.39 is 6.55 Å². The van der Waals surface area contributed by atoms with Gasteiger partial charge in [0.05, 0.1) is 6.54 Å². The average Bonchev–Trinajstić information content (AvgIpc) is 3.00. The van der Waals surface area contributed by atoms with Gasteiger partial charge in [0.1, 0.15) is 5.82 Å². The Morgan fingerprint density at radius 3 is 2.84 bits per heavy atom. The molecular weight excluding hydrogens is 250 g/mol. The summed E-state index contributed by atoms with van der Waals surface area (Å²) in [6.07, 6.45) is 7.40. The normalized spacial score (nSPS) is 23.5. The third-order valence-electron chi connectivity index (χ3n) is 4.57. The third-order valence-corrected chi connectivity index (χ3v) is 4.57. The van der Waals surface area contributed by atoms with Crippen LogP contribution >= 0.6 is 0 Å². The molecule has 6 heteroatoms. The van der Waals surface area contributed by atoms with Crippen molar-refractivity contribution < 1.29 is 8.78 Å². The van der Waals surface area contributed by atoms with Crippen molar-refractivity contribution in [3.63, 3.8) is 0 Å². The number of piperidine rings is 1. The molecule has 0 bridgehead atoms. The Morgan fingerprint density at radius 1 is 1.32 bits per heavy atom. The zero-order valence-electron chi connectivity index (χ0n) is 11.0. The van der Waals surface area contributed by atoms with Gasteiger partial charge < -0.3 is 5.32 Å². The monoisotopic (exact) mass is 270 g/mol. The SMILES string of the molecule is FC(F)n1ccnc1CN1CCCC12CCNCC2. The van der Waals surface area contributed by atoms with Crippen LogP contribution in [0.2, 0.25) is 0 Å². The van der Waals surface area contributed by atoms with E-state index in [9.17, 15) is 8.78 Å². The van der Waals surface area contributed by atoms with Crippen molar-refractivity contribution in [3.8, 4) is 0 Å². The molecular formula is C13H20F2N4. The Labute approximate surface area is 111 Å². The summed E-state index contributed by atoms with van der Waals surface area (Å²) in [5.74, 6) is 0.481. The van der Waals surface area contributed by atoms with Crippen molar-refractivity contribution in [2.75, 3.05) is 19.6 Å². The Morgan fingerprint density at radius 2 is 2.11 bits per heavy atom. The standard InChI is InChI=1S/C13H20F2N4/c14-12(15)19-9-7-17-11(19)10-18-8-1-2-13(18)3-5-16-6-4-13/h7,9,12,16H,1-6,8,10H2. The fraction of sp³-hybridized carbons (Fsp3) is 0.769. The number of nitrogens with one attached hydrogen (secondary N) is 1. The van der Waals surface area contributed by atoms with Gasteiger partial charge in [0.2, 0.25) is 0 Å². The molecule has 2 fully saturated rings. The van der Waals surface area contributed by atoms with Crippen LogP contribution in [0, 0.1) is 0 Å². The zero-order chi connectivity index (χ0) is 13.3. The molecule has 1 spiro atoms. The second-order valence-electron chi connectivity index (χ2n) is 5.53. The summed E-state index contributed by atoms with van der Waals surface area (Å²) in [5, 5.41) is 3.38. The molecule has 1 aromatic rings. The number of rotatable bonds is 3. The highest BCUT2D eigenvalue weighted by molar-refractivity contribution is 5.02. The van der Waals surface area contributed by atoms with Crippen molar-refractivity contribution in [3.05, 3.63) is 18.2 Å². The Kier molecular flexibility index (Phi) is 3.54. The van der Waals surface area contributed by atoms with Crippen LogP contribution < -0.4 is 5.32 Å². The minimum atomic E-state index is -2.50. The molecule has 0 aliphatic carbocycles. The summed E-state index contributed by atoms with van der Waals surface area (Å²) in [7, 11) is 0. The molecule has 1 aromatic heterocycles. The van der Waals surface area contributed by atoms with E-state index in [4.69, 9.17) is 0 Å². The number of hydrogen-bond acceptors (Lipinski definition) is 3. The second kappa shape index (κ2) is 5.17. The summed E-state index contributed by atoms with van der Waals surface area (Å²) in [5.41, 5.74) is 0.212. The maximum atomic E-state index is 12.9. The van der Waals surface area contributed by atoms with Gasteiger partial charge in [-0.05, 0) is 45.3 Å². The fourth-order valence-corrected chi connectivity index (χ4v) is 3.51. The van der Waals surface area contributed by atoms with Crippen molar-refractivity contribution >= 4 is 0 Å². The molecule has 19 heavy (non-hydrogen) atoms. The maximum Gasteiger partial charge on any atom is 0.319 e. The highest BCUT2D eigenvalue weighted by Gasteiger charge is 2.41. The van der Waals surface area contributed by atoms with Crippen molar-refractivity contribution in [1.82, 2.24) is 19.8 Å². The topological polar surface area (TPSA) is 33.1 Å². The minimum absolute atomic E-state index is 0.212. The van der Waals surface area contributed by atoms with Crippen molar-refractivity contribution in [2.45, 2.75) is 44.3 Å². The summed E-state index contributed by atoms with van der Waals surface area (Å²) < 4.78 is 26.7. The summed E-state index contributed by atoms with van der Waals surface area (Å²) in [4.78, 5) is 6.47. The van der Waals surface area contributed by atoms with Gasteiger partial charge in [-0.2, -0.15) is 8.78 Å². The molecule has 1 N–H and O–H groups in total. The molecule has 3 heterocycles. The Bertz CT molecular complexity index is 426. The van der Waals surface area contributed by atoms with Gasteiger partial charge in [-0.25, -0.2) is 4.98 Å². The van der Waals surface area contributed by atoms with Gasteiger partial charge in [-0.15, -0.1) is 0 Å². The maximum absolute atomic E-state index is 12.9. The average molecular weight is 270 g/mol. The predicted octanol–water partition coefficient (Wildman–Crippen LogP) is 2.00. The molecule has 2 saturated heterocycles. The third kappa shape index (κ3) is 2.39. The lowest BCUT2D eigenvalue weighted by atomic mass is 9.86. The first kappa shape index (κ1) is 13.0. The number of likely N-dealkylation sites (tertiary alicyclic amines) is 1. The summed E-state index contributed by atoms with van der Waals surface area (Å²) >= 11 is 0. The number of hydrogen-bond donors (Lipinski definition) is 1. The van der Waals surface area contributed by atoms with Gasteiger partial charge in [-0.3, -0.25) is 9.47 Å². The van der Waals surface area contributed by atoms with Crippen LogP contribution in [-0.2, 0) is 6.54 Å². The number of alkyl halides is 2. The van der Waals surface area contributed by atoms with E-state index in [0.717, 1.165) is 43.5 Å². The van der Waals surface area contributed by atoms with Crippen LogP contribution in [-0.4, -0.2) is 39.6 Å². The molecule has 106 valence electrons. The van der Waals surface area contributed by atoms with Crippen LogP contribution in [0.5, 0.6) is 0 Å². The molecule has 2 aliphatic rings. The van der Waals surface area contributed by atoms with Gasteiger partial charge in [0.25, 0.3) is 0 Å². The van der Waals surface area contributed by atoms with Gasteiger partial charge in [0.15, 0.2) is 0 Å². The molecule has 0 amide bonds. The van der Waals surface area contributed by atoms with Crippen molar-refractivity contribution in [2.24, 2.45) is 0 Å². The van der Waals surface area contributed by atoms with Crippen LogP contribution in [0.4, 0.5) is 8.78 Å². The van der Waals surface area contributed by atoms with E-state index in [1.54, 1.807) is 0 Å². The van der Waals surface area contributed by atoms with Gasteiger partial charge >= 0.3 is 6.55 Å². The first-order chi connectivity index (χ1) is 9.21. The molecule has 0 aromatic carbocycles. The lowest BCUT2D eigenvalue weighted by Crippen LogP contribution is -2.50. The Balaban J connectivity index is 1.76. The van der Waals surface area contributed by atoms with Crippen molar-refractivity contribution in [1.29, 1.82) is 0 Å². The van der Waals surface area contributed by atoms with Gasteiger partial charge in [0, 0.05) is 17.9 Å². The molecule has 3 rings (SSSR count). The molecule has 0 radical (unpaired) electrons. The summed E-state index contributed by atoms with van der Waals surface area (Å²) in [6, 6.07) is 0. The van der Waals surface area contributed by atoms with Gasteiger partial charge in [-0.1, -0.05) is 0 Å². The first-order valence-electron chi connectivity index (χ1n) is 6.97. The summed E-state index contributed by atoms with van der Waals surface area (Å²) in [6.45, 7) is 1.09. The highest BCUT2D eigenvalue weighted by Crippen LogP contribution is 2.37. The van der Waals surface area contributed by atoms with Crippen LogP contribution in [0.1, 0.15) is 38.1 Å². The second-order valence-corrected chi connectivity index (χ2v) is 5.53. The smallest absolute Gasteiger partial charge is 0.317 e. The highest BCUT2D eigenvalue weighted by atomic mass is 19.3. The first-order valence-corrected chi connectivity index (χ1v) is 6.97. The Hall–Kier alpha value is -1.01. The van der Waals surface area contributed by atoms with Crippen LogP contribution in [0.3, 0.4) is 0 Å². The van der Waals surface area contributed by atoms with E-state index in [0.29, 0.717) is 12.4 Å². The number of aromatic nitrogens is 2. The molecule has 0 atom stereocenters. The van der Waals surface area contributed by atoms with E-state index in [1.165, 1.54) is 18.8 Å². The lowest BCUT2D eigenvalue weighted by Gasteiger charge is -2.41. The molecule has 4 nitrogen and oxygen atoms in total. The van der Waals surface area contributed by atoms with Crippen LogP contribution in [0.25, 0.3) is 0 Å². The molecule has 2 aliphatic heterocycles. The predicted molar refractivity (Wildman–Crippen MR) is 68.0 cm³/mol. The number of nitrogens with zero attached hydrogens (tertiary/aromatic N) is 3. The fourth-order valence-electron chi connectivity index (χ4n) is 3.51. The van der Waals surface area contributed by atoms with E-state index in [1.807, 2.05) is 0 Å². The zero-order valence-corrected chi connectivity index (χ0v) is 11.0. The van der Waals surface area contributed by atoms with E-state index >= 15 is 0 Å². The largest absolute Gasteiger partial charge is 0.319 e. The van der Waals surface area contributed by atoms with E-state index in [-0.39, 0.29) is 5.54 Å². The quantitative estimate of drug-likeness (QED) is 0.912. The van der Waals surface area contributed by atoms with E-state index in [2.05, 4.69) is 15.2 Å². The van der Waals surface area contributed by atoms with Crippen LogP contribution in [0.15, 0.2) is 12.4 Å². The number of imidazole rings is 1.